The summed E-state index contributed by atoms with van der Waals surface area (Å²) in [7, 11) is -1.40. The minimum atomic E-state index is -2.98. The van der Waals surface area contributed by atoms with Crippen molar-refractivity contribution in [3.05, 3.63) is 29.8 Å². The number of para-hydroxylation sites is 1. The van der Waals surface area contributed by atoms with Gasteiger partial charge >= 0.3 is 0 Å². The Kier molecular flexibility index (Phi) is 6.15. The Bertz CT molecular complexity index is 457. The van der Waals surface area contributed by atoms with Gasteiger partial charge in [-0.3, -0.25) is 0 Å². The fourth-order valence-corrected chi connectivity index (χ4v) is 2.81. The molecule has 0 spiro atoms. The zero-order chi connectivity index (χ0) is 13.4. The van der Waals surface area contributed by atoms with E-state index in [9.17, 15) is 8.42 Å². The van der Waals surface area contributed by atoms with Gasteiger partial charge in [0.25, 0.3) is 0 Å². The summed E-state index contributed by atoms with van der Waals surface area (Å²) in [4.78, 5) is 0. The number of nitrogens with one attached hydrogen (secondary N) is 1. The highest BCUT2D eigenvalue weighted by atomic mass is 32.2. The number of hydrogen-bond acceptors (Lipinski definition) is 4. The van der Waals surface area contributed by atoms with Crippen LogP contribution in [0.15, 0.2) is 24.3 Å². The predicted molar refractivity (Wildman–Crippen MR) is 74.8 cm³/mol. The fraction of sp³-hybridized carbons (Fsp3) is 0.538. The second-order valence-corrected chi connectivity index (χ2v) is 6.54. The number of methoxy groups -OCH3 is 1. The Morgan fingerprint density at radius 1 is 1.22 bits per heavy atom. The van der Waals surface area contributed by atoms with Gasteiger partial charge in [0.2, 0.25) is 0 Å². The van der Waals surface area contributed by atoms with Crippen LogP contribution in [0.2, 0.25) is 0 Å². The summed E-state index contributed by atoms with van der Waals surface area (Å²) in [6, 6.07) is 7.84. The lowest BCUT2D eigenvalue weighted by atomic mass is 10.2. The van der Waals surface area contributed by atoms with Crippen LogP contribution in [0, 0.1) is 6.92 Å². The highest BCUT2D eigenvalue weighted by molar-refractivity contribution is 7.91. The molecule has 0 aliphatic heterocycles. The first-order valence-corrected chi connectivity index (χ1v) is 7.86. The first-order valence-electron chi connectivity index (χ1n) is 6.04. The van der Waals surface area contributed by atoms with Crippen molar-refractivity contribution < 1.29 is 13.2 Å². The first kappa shape index (κ1) is 15.0. The number of sulfone groups is 1. The van der Waals surface area contributed by atoms with E-state index in [0.29, 0.717) is 19.6 Å². The molecule has 1 aromatic rings. The average Bonchev–Trinajstić information content (AvgIpc) is 2.32. The fourth-order valence-electron chi connectivity index (χ4n) is 1.64. The maximum Gasteiger partial charge on any atom is 0.152 e. The zero-order valence-electron chi connectivity index (χ0n) is 11.0. The van der Waals surface area contributed by atoms with Crippen LogP contribution >= 0.6 is 0 Å². The molecule has 5 heteroatoms. The molecular weight excluding hydrogens is 250 g/mol. The van der Waals surface area contributed by atoms with Crippen molar-refractivity contribution in [1.82, 2.24) is 0 Å². The van der Waals surface area contributed by atoms with E-state index in [2.05, 4.69) is 5.32 Å². The number of benzene rings is 1. The van der Waals surface area contributed by atoms with Gasteiger partial charge in [-0.05, 0) is 25.0 Å². The van der Waals surface area contributed by atoms with Crippen molar-refractivity contribution in [2.24, 2.45) is 0 Å². The molecular formula is C13H21NO3S. The van der Waals surface area contributed by atoms with E-state index in [1.807, 2.05) is 31.2 Å². The molecule has 0 aromatic heterocycles. The molecule has 102 valence electrons. The van der Waals surface area contributed by atoms with Gasteiger partial charge in [0.15, 0.2) is 9.84 Å². The zero-order valence-corrected chi connectivity index (χ0v) is 11.8. The highest BCUT2D eigenvalue weighted by Gasteiger charge is 2.10. The second kappa shape index (κ2) is 7.38. The van der Waals surface area contributed by atoms with Crippen LogP contribution in [0.5, 0.6) is 0 Å². The molecule has 0 amide bonds. The SMILES string of the molecule is COCCCS(=O)(=O)CCNc1ccccc1C. The van der Waals surface area contributed by atoms with Crippen molar-refractivity contribution in [2.45, 2.75) is 13.3 Å². The van der Waals surface area contributed by atoms with E-state index in [1.165, 1.54) is 0 Å². The smallest absolute Gasteiger partial charge is 0.152 e. The van der Waals surface area contributed by atoms with Crippen LogP contribution < -0.4 is 5.32 Å². The Hall–Kier alpha value is -1.07. The largest absolute Gasteiger partial charge is 0.385 e. The molecule has 0 bridgehead atoms. The van der Waals surface area contributed by atoms with Gasteiger partial charge in [0.05, 0.1) is 11.5 Å². The molecule has 0 radical (unpaired) electrons. The van der Waals surface area contributed by atoms with Crippen molar-refractivity contribution in [2.75, 3.05) is 37.1 Å². The third kappa shape index (κ3) is 5.51. The molecule has 0 saturated heterocycles. The Morgan fingerprint density at radius 2 is 1.94 bits per heavy atom. The van der Waals surface area contributed by atoms with Crippen molar-refractivity contribution >= 4 is 15.5 Å². The quantitative estimate of drug-likeness (QED) is 0.733. The van der Waals surface area contributed by atoms with E-state index in [4.69, 9.17) is 4.74 Å². The van der Waals surface area contributed by atoms with E-state index < -0.39 is 9.84 Å². The summed E-state index contributed by atoms with van der Waals surface area (Å²) in [6.45, 7) is 2.93. The third-order valence-electron chi connectivity index (χ3n) is 2.68. The van der Waals surface area contributed by atoms with Gasteiger partial charge in [-0.25, -0.2) is 8.42 Å². The molecule has 1 rings (SSSR count). The molecule has 0 saturated carbocycles. The maximum atomic E-state index is 11.7. The summed E-state index contributed by atoms with van der Waals surface area (Å²) in [5.41, 5.74) is 2.11. The molecule has 0 aliphatic carbocycles. The molecule has 0 heterocycles. The lowest BCUT2D eigenvalue weighted by Crippen LogP contribution is -2.19. The Balaban J connectivity index is 2.35. The topological polar surface area (TPSA) is 55.4 Å². The summed E-state index contributed by atoms with van der Waals surface area (Å²) >= 11 is 0. The van der Waals surface area contributed by atoms with Gasteiger partial charge in [0.1, 0.15) is 0 Å². The third-order valence-corrected chi connectivity index (χ3v) is 4.41. The van der Waals surface area contributed by atoms with Crippen molar-refractivity contribution in [1.29, 1.82) is 0 Å². The highest BCUT2D eigenvalue weighted by Crippen LogP contribution is 2.12. The van der Waals surface area contributed by atoms with Gasteiger partial charge in [0, 0.05) is 25.9 Å². The number of anilines is 1. The number of rotatable bonds is 8. The normalized spacial score (nSPS) is 11.4. The van der Waals surface area contributed by atoms with Gasteiger partial charge in [-0.2, -0.15) is 0 Å². The monoisotopic (exact) mass is 271 g/mol. The van der Waals surface area contributed by atoms with E-state index >= 15 is 0 Å². The number of hydrogen-bond donors (Lipinski definition) is 1. The second-order valence-electron chi connectivity index (χ2n) is 4.24. The van der Waals surface area contributed by atoms with Crippen molar-refractivity contribution in [3.63, 3.8) is 0 Å². The number of ether oxygens (including phenoxy) is 1. The van der Waals surface area contributed by atoms with E-state index in [-0.39, 0.29) is 11.5 Å². The molecule has 0 fully saturated rings. The van der Waals surface area contributed by atoms with Crippen LogP contribution in [-0.4, -0.2) is 40.2 Å². The summed E-state index contributed by atoms with van der Waals surface area (Å²) in [5.74, 6) is 0.349. The van der Waals surface area contributed by atoms with Crippen LogP contribution in [0.4, 0.5) is 5.69 Å². The van der Waals surface area contributed by atoms with Gasteiger partial charge in [-0.15, -0.1) is 0 Å². The lowest BCUT2D eigenvalue weighted by Gasteiger charge is -2.09. The molecule has 1 N–H and O–H groups in total. The van der Waals surface area contributed by atoms with Crippen LogP contribution in [-0.2, 0) is 14.6 Å². The van der Waals surface area contributed by atoms with Crippen LogP contribution in [0.3, 0.4) is 0 Å². The first-order chi connectivity index (χ1) is 8.55. The molecule has 0 atom stereocenters. The standard InChI is InChI=1S/C13H21NO3S/c1-12-6-3-4-7-13(12)14-8-11-18(15,16)10-5-9-17-2/h3-4,6-7,14H,5,8-11H2,1-2H3. The Morgan fingerprint density at radius 3 is 2.61 bits per heavy atom. The van der Waals surface area contributed by atoms with Gasteiger partial charge in [-0.1, -0.05) is 18.2 Å². The molecule has 4 nitrogen and oxygen atoms in total. The summed E-state index contributed by atoms with van der Waals surface area (Å²) in [6.07, 6.45) is 0.559. The molecule has 0 unspecified atom stereocenters. The lowest BCUT2D eigenvalue weighted by molar-refractivity contribution is 0.199. The van der Waals surface area contributed by atoms with Crippen LogP contribution in [0.1, 0.15) is 12.0 Å². The van der Waals surface area contributed by atoms with E-state index in [1.54, 1.807) is 7.11 Å². The minimum Gasteiger partial charge on any atom is -0.385 e. The molecule has 0 aliphatic rings. The maximum absolute atomic E-state index is 11.7. The van der Waals surface area contributed by atoms with Crippen LogP contribution in [0.25, 0.3) is 0 Å². The summed E-state index contributed by atoms with van der Waals surface area (Å²) in [5, 5.41) is 3.15. The van der Waals surface area contributed by atoms with E-state index in [0.717, 1.165) is 11.3 Å². The molecule has 18 heavy (non-hydrogen) atoms. The summed E-state index contributed by atoms with van der Waals surface area (Å²) < 4.78 is 28.2. The average molecular weight is 271 g/mol. The molecule has 1 aromatic carbocycles. The van der Waals surface area contributed by atoms with Gasteiger partial charge < -0.3 is 10.1 Å². The Labute approximate surface area is 109 Å². The minimum absolute atomic E-state index is 0.158. The predicted octanol–water partition coefficient (Wildman–Crippen LogP) is 1.86. The number of aryl methyl sites for hydroxylation is 1. The van der Waals surface area contributed by atoms with Crippen molar-refractivity contribution in [3.8, 4) is 0 Å².